The maximum Gasteiger partial charge on any atom is 0.258 e. The first-order valence-electron chi connectivity index (χ1n) is 5.98. The minimum Gasteiger partial charge on any atom is -0.452 e. The normalized spacial score (nSPS) is 19.5. The Labute approximate surface area is 106 Å². The molecule has 1 aliphatic heterocycles. The molecule has 17 heavy (non-hydrogen) atoms. The van der Waals surface area contributed by atoms with Crippen LogP contribution in [0.15, 0.2) is 16.7 Å². The number of rotatable bonds is 4. The van der Waals surface area contributed by atoms with E-state index in [1.54, 1.807) is 11.0 Å². The van der Waals surface area contributed by atoms with Crippen molar-refractivity contribution >= 4 is 17.5 Å². The zero-order chi connectivity index (χ0) is 12.3. The van der Waals surface area contributed by atoms with E-state index in [0.29, 0.717) is 18.2 Å². The van der Waals surface area contributed by atoms with Crippen LogP contribution < -0.4 is 5.32 Å². The van der Waals surface area contributed by atoms with Gasteiger partial charge in [0, 0.05) is 19.1 Å². The van der Waals surface area contributed by atoms with E-state index >= 15 is 0 Å². The molecular weight excluding hydrogens is 240 g/mol. The smallest absolute Gasteiger partial charge is 0.258 e. The number of carbonyl (C=O) groups excluding carboxylic acids is 1. The van der Waals surface area contributed by atoms with Crippen molar-refractivity contribution in [3.63, 3.8) is 0 Å². The number of nitrogens with one attached hydrogen (secondary N) is 1. The molecule has 0 radical (unpaired) electrons. The molecule has 0 saturated carbocycles. The van der Waals surface area contributed by atoms with Crippen molar-refractivity contribution in [3.05, 3.63) is 23.1 Å². The van der Waals surface area contributed by atoms with Gasteiger partial charge < -0.3 is 14.6 Å². The van der Waals surface area contributed by atoms with E-state index in [4.69, 9.17) is 16.0 Å². The van der Waals surface area contributed by atoms with Gasteiger partial charge in [-0.1, -0.05) is 0 Å². The Kier molecular flexibility index (Phi) is 4.07. The fourth-order valence-corrected chi connectivity index (χ4v) is 2.35. The third kappa shape index (κ3) is 2.82. The molecule has 1 aliphatic rings. The molecule has 2 rings (SSSR count). The first-order valence-corrected chi connectivity index (χ1v) is 6.35. The predicted molar refractivity (Wildman–Crippen MR) is 66.3 cm³/mol. The Hall–Kier alpha value is -1.00. The molecule has 1 N–H and O–H groups in total. The van der Waals surface area contributed by atoms with Crippen LogP contribution >= 0.6 is 11.6 Å². The summed E-state index contributed by atoms with van der Waals surface area (Å²) in [5.41, 5.74) is 0.450. The van der Waals surface area contributed by atoms with Gasteiger partial charge in [-0.05, 0) is 44.0 Å². The monoisotopic (exact) mass is 256 g/mol. The lowest BCUT2D eigenvalue weighted by Crippen LogP contribution is -2.40. The third-order valence-electron chi connectivity index (χ3n) is 3.12. The van der Waals surface area contributed by atoms with Crippen LogP contribution in [-0.4, -0.2) is 36.5 Å². The van der Waals surface area contributed by atoms with E-state index in [9.17, 15) is 4.79 Å². The number of amides is 1. The number of carbonyl (C=O) groups is 1. The number of likely N-dealkylation sites (N-methyl/N-ethyl adjacent to an activating group) is 1. The van der Waals surface area contributed by atoms with Gasteiger partial charge >= 0.3 is 0 Å². The van der Waals surface area contributed by atoms with Crippen LogP contribution in [0.2, 0.25) is 5.22 Å². The first kappa shape index (κ1) is 12.5. The van der Waals surface area contributed by atoms with E-state index in [1.165, 1.54) is 12.7 Å². The summed E-state index contributed by atoms with van der Waals surface area (Å²) in [5, 5.41) is 3.56. The van der Waals surface area contributed by atoms with Crippen LogP contribution in [0.4, 0.5) is 0 Å². The van der Waals surface area contributed by atoms with Crippen molar-refractivity contribution in [1.29, 1.82) is 0 Å². The van der Waals surface area contributed by atoms with Gasteiger partial charge in [0.05, 0.1) is 11.8 Å². The number of halogens is 1. The molecule has 1 unspecified atom stereocenters. The van der Waals surface area contributed by atoms with Crippen molar-refractivity contribution in [2.75, 3.05) is 19.6 Å². The molecule has 1 aromatic heterocycles. The predicted octanol–water partition coefficient (Wildman–Crippen LogP) is 2.15. The Balaban J connectivity index is 2.02. The highest BCUT2D eigenvalue weighted by molar-refractivity contribution is 6.32. The minimum atomic E-state index is -0.0556. The molecule has 0 spiro atoms. The fraction of sp³-hybridized carbons (Fsp3) is 0.583. The molecule has 0 aliphatic carbocycles. The maximum atomic E-state index is 12.2. The fourth-order valence-electron chi connectivity index (χ4n) is 2.15. The lowest BCUT2D eigenvalue weighted by atomic mass is 10.2. The molecule has 94 valence electrons. The molecule has 4 nitrogen and oxygen atoms in total. The van der Waals surface area contributed by atoms with Crippen LogP contribution in [0.5, 0.6) is 0 Å². The number of hydrogen-bond donors (Lipinski definition) is 1. The van der Waals surface area contributed by atoms with Gasteiger partial charge in [-0.3, -0.25) is 4.79 Å². The summed E-state index contributed by atoms with van der Waals surface area (Å²) in [6, 6.07) is 2.03. The van der Waals surface area contributed by atoms with Gasteiger partial charge in [-0.15, -0.1) is 0 Å². The summed E-state index contributed by atoms with van der Waals surface area (Å²) in [4.78, 5) is 14.0. The van der Waals surface area contributed by atoms with Gasteiger partial charge in [-0.25, -0.2) is 0 Å². The van der Waals surface area contributed by atoms with Crippen molar-refractivity contribution in [3.8, 4) is 0 Å². The van der Waals surface area contributed by atoms with Crippen LogP contribution in [-0.2, 0) is 0 Å². The summed E-state index contributed by atoms with van der Waals surface area (Å²) in [6.07, 6.45) is 3.75. The topological polar surface area (TPSA) is 45.5 Å². The Morgan fingerprint density at radius 1 is 1.71 bits per heavy atom. The van der Waals surface area contributed by atoms with Crippen molar-refractivity contribution in [2.45, 2.75) is 25.8 Å². The van der Waals surface area contributed by atoms with E-state index in [-0.39, 0.29) is 11.1 Å². The minimum absolute atomic E-state index is 0.0556. The molecule has 1 saturated heterocycles. The standard InChI is InChI=1S/C12H17ClN2O2/c1-2-15(8-9-4-3-6-14-9)12(16)10-5-7-17-11(10)13/h5,7,9,14H,2-4,6,8H2,1H3. The SMILES string of the molecule is CCN(CC1CCCN1)C(=O)c1ccoc1Cl. The lowest BCUT2D eigenvalue weighted by molar-refractivity contribution is 0.0751. The van der Waals surface area contributed by atoms with E-state index in [1.807, 2.05) is 6.92 Å². The van der Waals surface area contributed by atoms with Gasteiger partial charge in [0.15, 0.2) is 0 Å². The molecule has 0 aromatic carbocycles. The van der Waals surface area contributed by atoms with Crippen LogP contribution in [0.3, 0.4) is 0 Å². The average molecular weight is 257 g/mol. The molecule has 1 amide bonds. The zero-order valence-electron chi connectivity index (χ0n) is 9.91. The summed E-state index contributed by atoms with van der Waals surface area (Å²) in [7, 11) is 0. The Morgan fingerprint density at radius 3 is 3.06 bits per heavy atom. The number of furan rings is 1. The lowest BCUT2D eigenvalue weighted by Gasteiger charge is -2.24. The molecule has 0 bridgehead atoms. The quantitative estimate of drug-likeness (QED) is 0.898. The average Bonchev–Trinajstić information content (AvgIpc) is 2.96. The summed E-state index contributed by atoms with van der Waals surface area (Å²) in [5.74, 6) is -0.0556. The maximum absolute atomic E-state index is 12.2. The Morgan fingerprint density at radius 2 is 2.53 bits per heavy atom. The number of hydrogen-bond acceptors (Lipinski definition) is 3. The van der Waals surface area contributed by atoms with Crippen LogP contribution in [0.1, 0.15) is 30.1 Å². The van der Waals surface area contributed by atoms with Crippen molar-refractivity contribution in [1.82, 2.24) is 10.2 Å². The van der Waals surface area contributed by atoms with E-state index in [2.05, 4.69) is 5.32 Å². The molecule has 1 fully saturated rings. The zero-order valence-corrected chi connectivity index (χ0v) is 10.7. The van der Waals surface area contributed by atoms with Crippen molar-refractivity contribution in [2.24, 2.45) is 0 Å². The summed E-state index contributed by atoms with van der Waals surface area (Å²) in [6.45, 7) is 4.43. The molecule has 5 heteroatoms. The molecule has 1 aromatic rings. The van der Waals surface area contributed by atoms with Crippen LogP contribution in [0, 0.1) is 0 Å². The van der Waals surface area contributed by atoms with Gasteiger partial charge in [0.2, 0.25) is 5.22 Å². The number of nitrogens with zero attached hydrogens (tertiary/aromatic N) is 1. The first-order chi connectivity index (χ1) is 8.22. The van der Waals surface area contributed by atoms with E-state index < -0.39 is 0 Å². The summed E-state index contributed by atoms with van der Waals surface area (Å²) < 4.78 is 4.95. The highest BCUT2D eigenvalue weighted by atomic mass is 35.5. The largest absolute Gasteiger partial charge is 0.452 e. The Bertz CT molecular complexity index is 386. The van der Waals surface area contributed by atoms with Gasteiger partial charge in [0.25, 0.3) is 5.91 Å². The third-order valence-corrected chi connectivity index (χ3v) is 3.41. The molecule has 2 heterocycles. The van der Waals surface area contributed by atoms with Crippen molar-refractivity contribution < 1.29 is 9.21 Å². The summed E-state index contributed by atoms with van der Waals surface area (Å²) >= 11 is 5.82. The van der Waals surface area contributed by atoms with E-state index in [0.717, 1.165) is 19.5 Å². The van der Waals surface area contributed by atoms with Crippen LogP contribution in [0.25, 0.3) is 0 Å². The second-order valence-corrected chi connectivity index (χ2v) is 4.59. The van der Waals surface area contributed by atoms with Gasteiger partial charge in [-0.2, -0.15) is 0 Å². The highest BCUT2D eigenvalue weighted by Crippen LogP contribution is 2.19. The molecular formula is C12H17ClN2O2. The molecule has 1 atom stereocenters. The van der Waals surface area contributed by atoms with Gasteiger partial charge in [0.1, 0.15) is 0 Å². The second-order valence-electron chi connectivity index (χ2n) is 4.25. The second kappa shape index (κ2) is 5.56. The highest BCUT2D eigenvalue weighted by Gasteiger charge is 2.23.